The smallest absolute Gasteiger partial charge is 0.137 e. The molecule has 0 bridgehead atoms. The van der Waals surface area contributed by atoms with Crippen LogP contribution in [0.2, 0.25) is 5.15 Å². The van der Waals surface area contributed by atoms with Crippen LogP contribution in [0.5, 0.6) is 0 Å². The molecule has 0 unspecified atom stereocenters. The van der Waals surface area contributed by atoms with Crippen molar-refractivity contribution in [3.63, 3.8) is 0 Å². The van der Waals surface area contributed by atoms with Gasteiger partial charge in [-0.3, -0.25) is 5.10 Å². The van der Waals surface area contributed by atoms with Gasteiger partial charge in [0.1, 0.15) is 5.15 Å². The molecule has 1 N–H and O–H groups in total. The predicted octanol–water partition coefficient (Wildman–Crippen LogP) is 1.35. The zero-order valence-corrected chi connectivity index (χ0v) is 5.00. The molecule has 7 heavy (non-hydrogen) atoms. The van der Waals surface area contributed by atoms with Crippen molar-refractivity contribution in [2.24, 2.45) is 0 Å². The van der Waals surface area contributed by atoms with Crippen LogP contribution in [0.25, 0.3) is 0 Å². The number of aromatic nitrogens is 2. The van der Waals surface area contributed by atoms with E-state index in [1.807, 2.05) is 0 Å². The van der Waals surface area contributed by atoms with Crippen molar-refractivity contribution in [1.29, 1.82) is 0 Å². The molecule has 0 radical (unpaired) electrons. The number of thiol groups is 1. The van der Waals surface area contributed by atoms with Gasteiger partial charge in [0.05, 0.1) is 11.1 Å². The molecular formula is C3H3ClN2S. The van der Waals surface area contributed by atoms with Gasteiger partial charge in [-0.15, -0.1) is 12.6 Å². The van der Waals surface area contributed by atoms with Crippen molar-refractivity contribution in [3.8, 4) is 0 Å². The Kier molecular flexibility index (Phi) is 1.25. The SMILES string of the molecule is Sc1cn[nH]c1Cl. The third-order valence-electron chi connectivity index (χ3n) is 0.574. The highest BCUT2D eigenvalue weighted by molar-refractivity contribution is 7.80. The molecule has 38 valence electrons. The normalized spacial score (nSPS) is 9.43. The maximum Gasteiger partial charge on any atom is 0.137 e. The van der Waals surface area contributed by atoms with Crippen LogP contribution in [0.1, 0.15) is 0 Å². The van der Waals surface area contributed by atoms with E-state index in [0.717, 1.165) is 0 Å². The third-order valence-corrected chi connectivity index (χ3v) is 1.33. The van der Waals surface area contributed by atoms with Crippen LogP contribution >= 0.6 is 24.2 Å². The van der Waals surface area contributed by atoms with Gasteiger partial charge in [-0.25, -0.2) is 0 Å². The Labute approximate surface area is 51.3 Å². The molecule has 2 nitrogen and oxygen atoms in total. The minimum absolute atomic E-state index is 0.489. The van der Waals surface area contributed by atoms with Gasteiger partial charge < -0.3 is 0 Å². The summed E-state index contributed by atoms with van der Waals surface area (Å²) in [6, 6.07) is 0. The fourth-order valence-electron chi connectivity index (χ4n) is 0.264. The first kappa shape index (κ1) is 5.00. The molecule has 4 heteroatoms. The van der Waals surface area contributed by atoms with Crippen LogP contribution in [-0.2, 0) is 0 Å². The van der Waals surface area contributed by atoms with Crippen molar-refractivity contribution in [1.82, 2.24) is 10.2 Å². The zero-order valence-electron chi connectivity index (χ0n) is 3.35. The molecule has 0 aliphatic carbocycles. The summed E-state index contributed by atoms with van der Waals surface area (Å²) in [4.78, 5) is 0.682. The van der Waals surface area contributed by atoms with E-state index in [2.05, 4.69) is 22.8 Å². The molecule has 1 rings (SSSR count). The molecule has 0 atom stereocenters. The van der Waals surface area contributed by atoms with Gasteiger partial charge in [0, 0.05) is 0 Å². The number of halogens is 1. The van der Waals surface area contributed by atoms with Crippen molar-refractivity contribution in [2.45, 2.75) is 4.90 Å². The number of rotatable bonds is 0. The summed E-state index contributed by atoms with van der Waals surface area (Å²) in [6.45, 7) is 0. The molecule has 1 heterocycles. The Morgan fingerprint density at radius 3 is 2.71 bits per heavy atom. The summed E-state index contributed by atoms with van der Waals surface area (Å²) in [7, 11) is 0. The molecule has 0 aliphatic rings. The molecule has 0 amide bonds. The lowest BCUT2D eigenvalue weighted by atomic mass is 10.7. The van der Waals surface area contributed by atoms with Crippen LogP contribution in [0.3, 0.4) is 0 Å². The molecule has 0 saturated carbocycles. The Morgan fingerprint density at radius 2 is 2.57 bits per heavy atom. The van der Waals surface area contributed by atoms with Gasteiger partial charge in [0.15, 0.2) is 0 Å². The van der Waals surface area contributed by atoms with Crippen molar-refractivity contribution < 1.29 is 0 Å². The van der Waals surface area contributed by atoms with E-state index in [9.17, 15) is 0 Å². The van der Waals surface area contributed by atoms with E-state index >= 15 is 0 Å². The molecule has 0 fully saturated rings. The largest absolute Gasteiger partial charge is 0.266 e. The number of hydrogen-bond donors (Lipinski definition) is 2. The summed E-state index contributed by atoms with van der Waals surface area (Å²) in [5, 5.41) is 6.58. The summed E-state index contributed by atoms with van der Waals surface area (Å²) < 4.78 is 0. The van der Waals surface area contributed by atoms with Gasteiger partial charge in [-0.1, -0.05) is 11.6 Å². The molecule has 1 aromatic rings. The number of nitrogens with one attached hydrogen (secondary N) is 1. The maximum atomic E-state index is 5.43. The minimum Gasteiger partial charge on any atom is -0.266 e. The first-order valence-corrected chi connectivity index (χ1v) is 2.51. The van der Waals surface area contributed by atoms with E-state index in [0.29, 0.717) is 10.0 Å². The fourth-order valence-corrected chi connectivity index (χ4v) is 0.469. The number of aromatic amines is 1. The number of hydrogen-bond acceptors (Lipinski definition) is 2. The third kappa shape index (κ3) is 0.894. The maximum absolute atomic E-state index is 5.43. The topological polar surface area (TPSA) is 28.7 Å². The van der Waals surface area contributed by atoms with E-state index < -0.39 is 0 Å². The highest BCUT2D eigenvalue weighted by Gasteiger charge is 1.91. The standard InChI is InChI=1S/C3H3ClN2S/c4-3-2(7)1-5-6-3/h1,7H,(H,5,6). The first-order valence-electron chi connectivity index (χ1n) is 1.68. The molecule has 0 aliphatic heterocycles. The highest BCUT2D eigenvalue weighted by Crippen LogP contribution is 2.13. The van der Waals surface area contributed by atoms with E-state index in [-0.39, 0.29) is 0 Å². The highest BCUT2D eigenvalue weighted by atomic mass is 35.5. The van der Waals surface area contributed by atoms with E-state index in [4.69, 9.17) is 11.6 Å². The second-order valence-electron chi connectivity index (χ2n) is 1.07. The molecule has 0 aromatic carbocycles. The zero-order chi connectivity index (χ0) is 5.28. The van der Waals surface area contributed by atoms with Crippen molar-refractivity contribution in [2.75, 3.05) is 0 Å². The lowest BCUT2D eigenvalue weighted by Crippen LogP contribution is -1.60. The monoisotopic (exact) mass is 134 g/mol. The Bertz CT molecular complexity index is 145. The fraction of sp³-hybridized carbons (Fsp3) is 0. The molecule has 1 aromatic heterocycles. The first-order chi connectivity index (χ1) is 3.30. The summed E-state index contributed by atoms with van der Waals surface area (Å²) >= 11 is 9.35. The van der Waals surface area contributed by atoms with Crippen LogP contribution in [0, 0.1) is 0 Å². The lowest BCUT2D eigenvalue weighted by molar-refractivity contribution is 1.09. The van der Waals surface area contributed by atoms with Crippen LogP contribution in [-0.4, -0.2) is 10.2 Å². The van der Waals surface area contributed by atoms with Crippen LogP contribution < -0.4 is 0 Å². The summed E-state index contributed by atoms with van der Waals surface area (Å²) in [6.07, 6.45) is 1.55. The second kappa shape index (κ2) is 1.76. The van der Waals surface area contributed by atoms with Gasteiger partial charge in [-0.2, -0.15) is 5.10 Å². The average Bonchev–Trinajstić information content (AvgIpc) is 1.91. The van der Waals surface area contributed by atoms with Gasteiger partial charge in [0.2, 0.25) is 0 Å². The van der Waals surface area contributed by atoms with Crippen LogP contribution in [0.15, 0.2) is 11.1 Å². The van der Waals surface area contributed by atoms with Crippen molar-refractivity contribution >= 4 is 24.2 Å². The molecular weight excluding hydrogens is 132 g/mol. The van der Waals surface area contributed by atoms with E-state index in [1.165, 1.54) is 0 Å². The Hall–Kier alpha value is -0.150. The summed E-state index contributed by atoms with van der Waals surface area (Å²) in [5.74, 6) is 0. The average molecular weight is 135 g/mol. The predicted molar refractivity (Wildman–Crippen MR) is 30.8 cm³/mol. The number of nitrogens with zero attached hydrogens (tertiary/aromatic N) is 1. The molecule has 0 saturated heterocycles. The Balaban J connectivity index is 3.12. The van der Waals surface area contributed by atoms with Crippen molar-refractivity contribution in [3.05, 3.63) is 11.3 Å². The minimum atomic E-state index is 0.489. The summed E-state index contributed by atoms with van der Waals surface area (Å²) in [5.41, 5.74) is 0. The van der Waals surface area contributed by atoms with Gasteiger partial charge in [0.25, 0.3) is 0 Å². The second-order valence-corrected chi connectivity index (χ2v) is 1.93. The van der Waals surface area contributed by atoms with E-state index in [1.54, 1.807) is 6.20 Å². The van der Waals surface area contributed by atoms with Crippen LogP contribution in [0.4, 0.5) is 0 Å². The number of H-pyrrole nitrogens is 1. The Morgan fingerprint density at radius 1 is 1.86 bits per heavy atom. The molecule has 0 spiro atoms. The van der Waals surface area contributed by atoms with Gasteiger partial charge >= 0.3 is 0 Å². The lowest BCUT2D eigenvalue weighted by Gasteiger charge is -1.74. The quantitative estimate of drug-likeness (QED) is 0.516. The van der Waals surface area contributed by atoms with Gasteiger partial charge in [-0.05, 0) is 0 Å².